The van der Waals surface area contributed by atoms with E-state index in [2.05, 4.69) is 0 Å². The van der Waals surface area contributed by atoms with Crippen molar-refractivity contribution in [3.63, 3.8) is 0 Å². The van der Waals surface area contributed by atoms with E-state index in [1.54, 1.807) is 0 Å². The summed E-state index contributed by atoms with van der Waals surface area (Å²) >= 11 is 0. The molecule has 3 nitrogen and oxygen atoms in total. The first kappa shape index (κ1) is 11.5. The van der Waals surface area contributed by atoms with E-state index in [9.17, 15) is 18.0 Å². The van der Waals surface area contributed by atoms with Crippen molar-refractivity contribution in [3.05, 3.63) is 29.8 Å². The molecular formula is C9H8F3NO2. The summed E-state index contributed by atoms with van der Waals surface area (Å²) in [5, 5.41) is 9.27. The number of rotatable bonds is 1. The van der Waals surface area contributed by atoms with Crippen LogP contribution < -0.4 is 5.06 Å². The molecule has 1 amide bonds. The second-order valence-electron chi connectivity index (χ2n) is 2.88. The number of anilines is 1. The molecular weight excluding hydrogens is 211 g/mol. The highest BCUT2D eigenvalue weighted by Crippen LogP contribution is 2.31. The molecule has 15 heavy (non-hydrogen) atoms. The van der Waals surface area contributed by atoms with Crippen LogP contribution in [0.3, 0.4) is 0 Å². The highest BCUT2D eigenvalue weighted by atomic mass is 19.4. The number of hydrogen-bond acceptors (Lipinski definition) is 2. The third-order valence-electron chi connectivity index (χ3n) is 1.72. The number of alkyl halides is 3. The number of halogens is 3. The molecule has 0 saturated carbocycles. The Morgan fingerprint density at radius 1 is 1.40 bits per heavy atom. The van der Waals surface area contributed by atoms with Gasteiger partial charge in [0.1, 0.15) is 0 Å². The van der Waals surface area contributed by atoms with Crippen LogP contribution in [-0.4, -0.2) is 11.1 Å². The maximum Gasteiger partial charge on any atom is 0.416 e. The standard InChI is InChI=1S/C9H8F3NO2/c1-6(14)13(15)8-4-2-3-7(5-8)9(10,11)12/h2-5,15H,1H3. The minimum atomic E-state index is -4.49. The number of nitrogens with zero attached hydrogens (tertiary/aromatic N) is 1. The summed E-state index contributed by atoms with van der Waals surface area (Å²) in [6.45, 7) is 1.04. The van der Waals surface area contributed by atoms with Crippen molar-refractivity contribution < 1.29 is 23.2 Å². The van der Waals surface area contributed by atoms with Gasteiger partial charge in [-0.1, -0.05) is 6.07 Å². The van der Waals surface area contributed by atoms with Gasteiger partial charge in [-0.2, -0.15) is 18.2 Å². The SMILES string of the molecule is CC(=O)N(O)c1cccc(C(F)(F)F)c1. The molecule has 0 saturated heterocycles. The molecule has 0 spiro atoms. The number of benzene rings is 1. The number of hydroxylamine groups is 1. The van der Waals surface area contributed by atoms with E-state index in [0.29, 0.717) is 6.07 Å². The van der Waals surface area contributed by atoms with Gasteiger partial charge in [-0.05, 0) is 18.2 Å². The molecule has 0 aliphatic rings. The van der Waals surface area contributed by atoms with Crippen LogP contribution in [-0.2, 0) is 11.0 Å². The number of carbonyl (C=O) groups is 1. The van der Waals surface area contributed by atoms with Crippen LogP contribution in [0.4, 0.5) is 18.9 Å². The largest absolute Gasteiger partial charge is 0.416 e. The summed E-state index contributed by atoms with van der Waals surface area (Å²) in [6.07, 6.45) is -4.49. The average molecular weight is 219 g/mol. The lowest BCUT2D eigenvalue weighted by Gasteiger charge is -2.14. The second kappa shape index (κ2) is 3.90. The van der Waals surface area contributed by atoms with Gasteiger partial charge in [0.25, 0.3) is 0 Å². The summed E-state index contributed by atoms with van der Waals surface area (Å²) < 4.78 is 36.7. The minimum Gasteiger partial charge on any atom is -0.281 e. The molecule has 82 valence electrons. The van der Waals surface area contributed by atoms with Gasteiger partial charge >= 0.3 is 6.18 Å². The third kappa shape index (κ3) is 2.69. The topological polar surface area (TPSA) is 40.5 Å². The van der Waals surface area contributed by atoms with Crippen LogP contribution in [0.1, 0.15) is 12.5 Å². The molecule has 0 bridgehead atoms. The maximum atomic E-state index is 12.2. The highest BCUT2D eigenvalue weighted by Gasteiger charge is 2.30. The zero-order valence-electron chi connectivity index (χ0n) is 7.75. The summed E-state index contributed by atoms with van der Waals surface area (Å²) in [5.74, 6) is -0.755. The lowest BCUT2D eigenvalue weighted by atomic mass is 10.2. The number of amides is 1. The molecule has 0 aliphatic heterocycles. The molecule has 1 aromatic carbocycles. The molecule has 0 aliphatic carbocycles. The minimum absolute atomic E-state index is 0.162. The Labute approximate surface area is 83.7 Å². The summed E-state index contributed by atoms with van der Waals surface area (Å²) in [5.41, 5.74) is -1.13. The monoisotopic (exact) mass is 219 g/mol. The Kier molecular flexibility index (Phi) is 2.99. The highest BCUT2D eigenvalue weighted by molar-refractivity contribution is 5.88. The predicted molar refractivity (Wildman–Crippen MR) is 46.4 cm³/mol. The summed E-state index contributed by atoms with van der Waals surface area (Å²) in [7, 11) is 0. The fourth-order valence-electron chi connectivity index (χ4n) is 0.996. The van der Waals surface area contributed by atoms with Gasteiger partial charge in [-0.25, -0.2) is 0 Å². The molecule has 0 aromatic heterocycles. The van der Waals surface area contributed by atoms with Gasteiger partial charge in [0.15, 0.2) is 0 Å². The van der Waals surface area contributed by atoms with Gasteiger partial charge in [-0.3, -0.25) is 10.0 Å². The molecule has 0 atom stereocenters. The van der Waals surface area contributed by atoms with Gasteiger partial charge in [0, 0.05) is 6.92 Å². The fourth-order valence-corrected chi connectivity index (χ4v) is 0.996. The second-order valence-corrected chi connectivity index (χ2v) is 2.88. The normalized spacial score (nSPS) is 11.3. The van der Waals surface area contributed by atoms with E-state index in [0.717, 1.165) is 19.1 Å². The van der Waals surface area contributed by atoms with Crippen molar-refractivity contribution in [2.24, 2.45) is 0 Å². The van der Waals surface area contributed by atoms with E-state index in [1.807, 2.05) is 0 Å². The van der Waals surface area contributed by atoms with Crippen molar-refractivity contribution in [3.8, 4) is 0 Å². The van der Waals surface area contributed by atoms with E-state index in [-0.39, 0.29) is 10.8 Å². The molecule has 6 heteroatoms. The van der Waals surface area contributed by atoms with Crippen LogP contribution in [0.2, 0.25) is 0 Å². The summed E-state index contributed by atoms with van der Waals surface area (Å²) in [6, 6.07) is 3.87. The van der Waals surface area contributed by atoms with E-state index >= 15 is 0 Å². The van der Waals surface area contributed by atoms with Gasteiger partial charge < -0.3 is 0 Å². The van der Waals surface area contributed by atoms with E-state index in [1.165, 1.54) is 6.07 Å². The molecule has 1 N–H and O–H groups in total. The average Bonchev–Trinajstić information content (AvgIpc) is 2.15. The molecule has 0 unspecified atom stereocenters. The lowest BCUT2D eigenvalue weighted by Crippen LogP contribution is -2.24. The van der Waals surface area contributed by atoms with E-state index < -0.39 is 17.6 Å². The maximum absolute atomic E-state index is 12.2. The number of hydrogen-bond donors (Lipinski definition) is 1. The van der Waals surface area contributed by atoms with Crippen LogP contribution in [0.5, 0.6) is 0 Å². The Bertz CT molecular complexity index is 376. The lowest BCUT2D eigenvalue weighted by molar-refractivity contribution is -0.137. The zero-order valence-corrected chi connectivity index (χ0v) is 7.75. The van der Waals surface area contributed by atoms with Crippen LogP contribution >= 0.6 is 0 Å². The first-order chi connectivity index (χ1) is 6.82. The number of carbonyl (C=O) groups excluding carboxylic acids is 1. The molecule has 0 radical (unpaired) electrons. The zero-order chi connectivity index (χ0) is 11.6. The first-order valence-corrected chi connectivity index (χ1v) is 3.99. The molecule has 0 fully saturated rings. The summed E-state index contributed by atoms with van der Waals surface area (Å²) in [4.78, 5) is 10.7. The van der Waals surface area contributed by atoms with Gasteiger partial charge in [-0.15, -0.1) is 0 Å². The van der Waals surface area contributed by atoms with Crippen molar-refractivity contribution in [2.45, 2.75) is 13.1 Å². The van der Waals surface area contributed by atoms with E-state index in [4.69, 9.17) is 5.21 Å². The molecule has 0 heterocycles. The van der Waals surface area contributed by atoms with Gasteiger partial charge in [0.05, 0.1) is 11.3 Å². The quantitative estimate of drug-likeness (QED) is 0.582. The first-order valence-electron chi connectivity index (χ1n) is 3.99. The fraction of sp³-hybridized carbons (Fsp3) is 0.222. The Hall–Kier alpha value is -1.56. The van der Waals surface area contributed by atoms with Crippen LogP contribution in [0.25, 0.3) is 0 Å². The Balaban J connectivity index is 3.08. The Morgan fingerprint density at radius 3 is 2.47 bits per heavy atom. The van der Waals surface area contributed by atoms with Gasteiger partial charge in [0.2, 0.25) is 5.91 Å². The van der Waals surface area contributed by atoms with Crippen LogP contribution in [0, 0.1) is 0 Å². The van der Waals surface area contributed by atoms with Crippen molar-refractivity contribution in [2.75, 3.05) is 5.06 Å². The Morgan fingerprint density at radius 2 is 2.00 bits per heavy atom. The van der Waals surface area contributed by atoms with Crippen molar-refractivity contribution in [1.82, 2.24) is 0 Å². The van der Waals surface area contributed by atoms with Crippen LogP contribution in [0.15, 0.2) is 24.3 Å². The molecule has 1 aromatic rings. The van der Waals surface area contributed by atoms with Crippen molar-refractivity contribution >= 4 is 11.6 Å². The predicted octanol–water partition coefficient (Wildman–Crippen LogP) is 2.45. The smallest absolute Gasteiger partial charge is 0.281 e. The third-order valence-corrected chi connectivity index (χ3v) is 1.72. The molecule has 1 rings (SSSR count). The van der Waals surface area contributed by atoms with Crippen molar-refractivity contribution in [1.29, 1.82) is 0 Å².